The molecule has 1 fully saturated rings. The first-order valence-corrected chi connectivity index (χ1v) is 9.19. The molecule has 2 aromatic rings. The number of hydrogen-bond donors (Lipinski definition) is 0. The minimum absolute atomic E-state index is 0.0708. The second-order valence-electron chi connectivity index (χ2n) is 5.35. The van der Waals surface area contributed by atoms with E-state index in [1.165, 1.54) is 11.8 Å². The third kappa shape index (κ3) is 4.13. The van der Waals surface area contributed by atoms with Gasteiger partial charge in [0.15, 0.2) is 5.17 Å². The van der Waals surface area contributed by atoms with Crippen molar-refractivity contribution in [3.8, 4) is 0 Å². The predicted octanol–water partition coefficient (Wildman–Crippen LogP) is 4.30. The van der Waals surface area contributed by atoms with Gasteiger partial charge in [-0.1, -0.05) is 70.2 Å². The molecule has 0 N–H and O–H groups in total. The lowest BCUT2D eigenvalue weighted by molar-refractivity contribution is -0.126. The van der Waals surface area contributed by atoms with Crippen LogP contribution in [0.3, 0.4) is 0 Å². The number of amidine groups is 1. The van der Waals surface area contributed by atoms with Crippen molar-refractivity contribution in [2.75, 3.05) is 0 Å². The number of halogens is 1. The van der Waals surface area contributed by atoms with Gasteiger partial charge in [-0.3, -0.25) is 9.69 Å². The highest BCUT2D eigenvalue weighted by Crippen LogP contribution is 2.28. The normalized spacial score (nSPS) is 19.6. The first-order chi connectivity index (χ1) is 11.6. The summed E-state index contributed by atoms with van der Waals surface area (Å²) < 4.78 is 1.02. The lowest BCUT2D eigenvalue weighted by atomic mass is 10.2. The molecule has 0 spiro atoms. The summed E-state index contributed by atoms with van der Waals surface area (Å²) in [7, 11) is 0. The first kappa shape index (κ1) is 16.9. The molecule has 1 saturated heterocycles. The fourth-order valence-electron chi connectivity index (χ4n) is 2.27. The second-order valence-corrected chi connectivity index (χ2v) is 7.57. The predicted molar refractivity (Wildman–Crippen MR) is 103 cm³/mol. The van der Waals surface area contributed by atoms with Gasteiger partial charge in [0.1, 0.15) is 0 Å². The van der Waals surface area contributed by atoms with E-state index in [0.717, 1.165) is 15.6 Å². The zero-order valence-electron chi connectivity index (χ0n) is 13.1. The number of rotatable bonds is 4. The fourth-order valence-corrected chi connectivity index (χ4v) is 3.45. The molecule has 6 heteroatoms. The Kier molecular flexibility index (Phi) is 5.48. The van der Waals surface area contributed by atoms with Gasteiger partial charge in [-0.15, -0.1) is 5.10 Å². The fraction of sp³-hybridized carbons (Fsp3) is 0.167. The summed E-state index contributed by atoms with van der Waals surface area (Å²) in [6.45, 7) is 2.41. The summed E-state index contributed by atoms with van der Waals surface area (Å²) in [4.78, 5) is 14.1. The Morgan fingerprint density at radius 2 is 1.88 bits per heavy atom. The molecule has 1 aliphatic rings. The van der Waals surface area contributed by atoms with E-state index in [0.29, 0.717) is 11.7 Å². The zero-order valence-corrected chi connectivity index (χ0v) is 15.5. The number of benzene rings is 2. The standard InChI is InChI=1S/C18H16BrN3OS/c1-13-17(23)22(12-15-5-3-2-4-6-15)18(24-13)21-20-11-14-7-9-16(19)10-8-14/h2-11,13H,12H2,1H3/b20-11+,21-18-. The van der Waals surface area contributed by atoms with Gasteiger partial charge in [-0.05, 0) is 30.2 Å². The van der Waals surface area contributed by atoms with E-state index in [2.05, 4.69) is 26.1 Å². The maximum Gasteiger partial charge on any atom is 0.242 e. The minimum Gasteiger partial charge on any atom is -0.284 e. The van der Waals surface area contributed by atoms with Crippen LogP contribution < -0.4 is 0 Å². The Balaban J connectivity index is 1.76. The summed E-state index contributed by atoms with van der Waals surface area (Å²) in [5.74, 6) is 0.0708. The van der Waals surface area contributed by atoms with Crippen molar-refractivity contribution in [1.82, 2.24) is 4.90 Å². The van der Waals surface area contributed by atoms with Crippen molar-refractivity contribution in [1.29, 1.82) is 0 Å². The molecule has 0 saturated carbocycles. The molecule has 4 nitrogen and oxygen atoms in total. The van der Waals surface area contributed by atoms with Gasteiger partial charge in [0.05, 0.1) is 18.0 Å². The Labute approximate surface area is 153 Å². The van der Waals surface area contributed by atoms with E-state index in [1.54, 1.807) is 11.1 Å². The SMILES string of the molecule is CC1S/C(=N\N=C\c2ccc(Br)cc2)N(Cc2ccccc2)C1=O. The van der Waals surface area contributed by atoms with Crippen molar-refractivity contribution in [3.63, 3.8) is 0 Å². The monoisotopic (exact) mass is 401 g/mol. The van der Waals surface area contributed by atoms with Gasteiger partial charge in [-0.25, -0.2) is 0 Å². The van der Waals surface area contributed by atoms with Gasteiger partial charge in [0, 0.05) is 4.47 Å². The molecule has 1 amide bonds. The molecule has 0 aliphatic carbocycles. The molecule has 2 aromatic carbocycles. The number of nitrogens with zero attached hydrogens (tertiary/aromatic N) is 3. The van der Waals surface area contributed by atoms with Crippen LogP contribution in [0.4, 0.5) is 0 Å². The highest BCUT2D eigenvalue weighted by atomic mass is 79.9. The van der Waals surface area contributed by atoms with Gasteiger partial charge >= 0.3 is 0 Å². The highest BCUT2D eigenvalue weighted by Gasteiger charge is 2.35. The molecule has 1 heterocycles. The van der Waals surface area contributed by atoms with Crippen LogP contribution in [0.25, 0.3) is 0 Å². The minimum atomic E-state index is -0.129. The summed E-state index contributed by atoms with van der Waals surface area (Å²) >= 11 is 4.84. The summed E-state index contributed by atoms with van der Waals surface area (Å²) in [5.41, 5.74) is 2.03. The number of thioether (sulfide) groups is 1. The average Bonchev–Trinajstić information content (AvgIpc) is 2.85. The van der Waals surface area contributed by atoms with Crippen LogP contribution in [0.5, 0.6) is 0 Å². The van der Waals surface area contributed by atoms with Crippen LogP contribution in [0.1, 0.15) is 18.1 Å². The van der Waals surface area contributed by atoms with Crippen LogP contribution in [0.15, 0.2) is 69.3 Å². The molecule has 1 unspecified atom stereocenters. The lowest BCUT2D eigenvalue weighted by Crippen LogP contribution is -2.30. The van der Waals surface area contributed by atoms with Gasteiger partial charge in [0.2, 0.25) is 5.91 Å². The van der Waals surface area contributed by atoms with E-state index in [9.17, 15) is 4.79 Å². The molecular formula is C18H16BrN3OS. The average molecular weight is 402 g/mol. The summed E-state index contributed by atoms with van der Waals surface area (Å²) in [6.07, 6.45) is 1.69. The summed E-state index contributed by atoms with van der Waals surface area (Å²) in [6, 6.07) is 17.7. The molecule has 24 heavy (non-hydrogen) atoms. The molecule has 0 radical (unpaired) electrons. The van der Waals surface area contributed by atoms with E-state index in [-0.39, 0.29) is 11.2 Å². The van der Waals surface area contributed by atoms with Crippen LogP contribution >= 0.6 is 27.7 Å². The Hall–Kier alpha value is -1.92. The Morgan fingerprint density at radius 1 is 1.17 bits per heavy atom. The van der Waals surface area contributed by atoms with E-state index < -0.39 is 0 Å². The number of amides is 1. The number of carbonyl (C=O) groups excluding carboxylic acids is 1. The smallest absolute Gasteiger partial charge is 0.242 e. The van der Waals surface area contributed by atoms with Gasteiger partial charge in [0.25, 0.3) is 0 Å². The molecule has 1 atom stereocenters. The van der Waals surface area contributed by atoms with E-state index in [1.807, 2.05) is 61.5 Å². The van der Waals surface area contributed by atoms with Crippen molar-refractivity contribution in [2.45, 2.75) is 18.7 Å². The highest BCUT2D eigenvalue weighted by molar-refractivity contribution is 9.10. The van der Waals surface area contributed by atoms with Crippen LogP contribution in [0, 0.1) is 0 Å². The number of hydrogen-bond acceptors (Lipinski definition) is 4. The van der Waals surface area contributed by atoms with Crippen molar-refractivity contribution in [2.24, 2.45) is 10.2 Å². The Morgan fingerprint density at radius 3 is 2.58 bits per heavy atom. The zero-order chi connectivity index (χ0) is 16.9. The first-order valence-electron chi connectivity index (χ1n) is 7.52. The maximum atomic E-state index is 12.4. The Bertz CT molecular complexity index is 775. The third-order valence-corrected chi connectivity index (χ3v) is 5.13. The van der Waals surface area contributed by atoms with Crippen molar-refractivity contribution >= 4 is 45.0 Å². The van der Waals surface area contributed by atoms with Crippen molar-refractivity contribution in [3.05, 3.63) is 70.2 Å². The quantitative estimate of drug-likeness (QED) is 0.565. The largest absolute Gasteiger partial charge is 0.284 e. The number of carbonyl (C=O) groups is 1. The van der Waals surface area contributed by atoms with E-state index in [4.69, 9.17) is 0 Å². The molecule has 0 aromatic heterocycles. The molecule has 122 valence electrons. The maximum absolute atomic E-state index is 12.4. The molecular weight excluding hydrogens is 386 g/mol. The second kappa shape index (κ2) is 7.77. The van der Waals surface area contributed by atoms with Gasteiger partial charge in [-0.2, -0.15) is 5.10 Å². The molecule has 3 rings (SSSR count). The topological polar surface area (TPSA) is 45.0 Å². The molecule has 0 bridgehead atoms. The van der Waals surface area contributed by atoms with Gasteiger partial charge < -0.3 is 0 Å². The molecule has 1 aliphatic heterocycles. The van der Waals surface area contributed by atoms with Crippen LogP contribution in [0.2, 0.25) is 0 Å². The van der Waals surface area contributed by atoms with Crippen molar-refractivity contribution < 1.29 is 4.79 Å². The van der Waals surface area contributed by atoms with Crippen LogP contribution in [-0.2, 0) is 11.3 Å². The lowest BCUT2D eigenvalue weighted by Gasteiger charge is -2.15. The van der Waals surface area contributed by atoms with Crippen LogP contribution in [-0.4, -0.2) is 27.4 Å². The van der Waals surface area contributed by atoms with E-state index >= 15 is 0 Å². The third-order valence-electron chi connectivity index (χ3n) is 3.53. The summed E-state index contributed by atoms with van der Waals surface area (Å²) in [5, 5.41) is 8.92.